The van der Waals surface area contributed by atoms with Crippen molar-refractivity contribution in [2.24, 2.45) is 0 Å². The number of nitrogens with one attached hydrogen (secondary N) is 1. The Hall–Kier alpha value is -1.07. The van der Waals surface area contributed by atoms with Gasteiger partial charge in [0, 0.05) is 32.7 Å². The molecule has 0 atom stereocenters. The number of piperazine rings is 1. The van der Waals surface area contributed by atoms with Gasteiger partial charge in [-0.15, -0.1) is 0 Å². The van der Waals surface area contributed by atoms with Crippen molar-refractivity contribution in [1.82, 2.24) is 19.9 Å². The van der Waals surface area contributed by atoms with Crippen molar-refractivity contribution in [3.05, 3.63) is 18.2 Å². The molecule has 2 heterocycles. The highest BCUT2D eigenvalue weighted by molar-refractivity contribution is 5.04. The van der Waals surface area contributed by atoms with Gasteiger partial charge < -0.3 is 15.2 Å². The molecule has 0 aliphatic carbocycles. The van der Waals surface area contributed by atoms with Gasteiger partial charge in [-0.1, -0.05) is 6.92 Å². The Balaban J connectivity index is 1.99. The van der Waals surface area contributed by atoms with Crippen LogP contribution in [0, 0.1) is 0 Å². The zero-order valence-corrected chi connectivity index (χ0v) is 10.2. The number of nitrogens with zero attached hydrogens (tertiary/aromatic N) is 4. The van der Waals surface area contributed by atoms with Crippen LogP contribution in [0.2, 0.25) is 0 Å². The molecule has 5 nitrogen and oxygen atoms in total. The molecule has 1 aliphatic heterocycles. The monoisotopic (exact) mass is 223 g/mol. The number of rotatable bonds is 4. The summed E-state index contributed by atoms with van der Waals surface area (Å²) in [7, 11) is 2.17. The first kappa shape index (κ1) is 11.4. The Morgan fingerprint density at radius 1 is 1.31 bits per heavy atom. The summed E-state index contributed by atoms with van der Waals surface area (Å²) >= 11 is 0. The number of hydrogen-bond acceptors (Lipinski definition) is 4. The second-order valence-electron chi connectivity index (χ2n) is 4.27. The molecule has 1 saturated heterocycles. The molecule has 0 saturated carbocycles. The van der Waals surface area contributed by atoms with Crippen molar-refractivity contribution >= 4 is 0 Å². The quantitative estimate of drug-likeness (QED) is 0.772. The van der Waals surface area contributed by atoms with E-state index in [0.717, 1.165) is 39.3 Å². The third kappa shape index (κ3) is 2.54. The van der Waals surface area contributed by atoms with E-state index in [0.29, 0.717) is 0 Å². The lowest BCUT2D eigenvalue weighted by Gasteiger charge is -2.35. The zero-order valence-electron chi connectivity index (χ0n) is 10.2. The highest BCUT2D eigenvalue weighted by atomic mass is 15.6. The normalized spacial score (nSPS) is 18.0. The van der Waals surface area contributed by atoms with Crippen LogP contribution in [-0.4, -0.2) is 54.3 Å². The average Bonchev–Trinajstić information content (AvgIpc) is 2.75. The summed E-state index contributed by atoms with van der Waals surface area (Å²) in [6.45, 7) is 8.41. The molecule has 1 fully saturated rings. The molecule has 90 valence electrons. The third-order valence-corrected chi connectivity index (χ3v) is 3.03. The Morgan fingerprint density at radius 2 is 2.06 bits per heavy atom. The minimum atomic E-state index is 0.892. The second-order valence-corrected chi connectivity index (χ2v) is 4.27. The average molecular weight is 223 g/mol. The maximum Gasteiger partial charge on any atom is 0.114 e. The molecular formula is C11H21N5. The number of aromatic nitrogens is 2. The van der Waals surface area contributed by atoms with Gasteiger partial charge in [0.05, 0.1) is 11.9 Å². The van der Waals surface area contributed by atoms with Gasteiger partial charge in [-0.05, 0) is 13.6 Å². The van der Waals surface area contributed by atoms with Crippen molar-refractivity contribution in [2.75, 3.05) is 44.8 Å². The SMILES string of the molecule is CCNCc1cncn1N1CCN(C)CC1. The van der Waals surface area contributed by atoms with Crippen LogP contribution in [0.1, 0.15) is 12.6 Å². The molecule has 0 bridgehead atoms. The molecule has 16 heavy (non-hydrogen) atoms. The predicted molar refractivity (Wildman–Crippen MR) is 65.1 cm³/mol. The van der Waals surface area contributed by atoms with Crippen LogP contribution >= 0.6 is 0 Å². The van der Waals surface area contributed by atoms with Crippen molar-refractivity contribution in [2.45, 2.75) is 13.5 Å². The molecule has 0 radical (unpaired) electrons. The largest absolute Gasteiger partial charge is 0.311 e. The maximum absolute atomic E-state index is 4.24. The van der Waals surface area contributed by atoms with E-state index in [9.17, 15) is 0 Å². The van der Waals surface area contributed by atoms with Crippen LogP contribution in [0.3, 0.4) is 0 Å². The van der Waals surface area contributed by atoms with Crippen molar-refractivity contribution in [3.8, 4) is 0 Å². The van der Waals surface area contributed by atoms with E-state index in [1.807, 2.05) is 12.5 Å². The van der Waals surface area contributed by atoms with E-state index in [4.69, 9.17) is 0 Å². The van der Waals surface area contributed by atoms with Crippen LogP contribution in [-0.2, 0) is 6.54 Å². The summed E-state index contributed by atoms with van der Waals surface area (Å²) in [5.41, 5.74) is 1.24. The van der Waals surface area contributed by atoms with Gasteiger partial charge in [0.15, 0.2) is 0 Å². The minimum Gasteiger partial charge on any atom is -0.311 e. The van der Waals surface area contributed by atoms with Crippen molar-refractivity contribution in [3.63, 3.8) is 0 Å². The van der Waals surface area contributed by atoms with Crippen LogP contribution in [0.4, 0.5) is 0 Å². The van der Waals surface area contributed by atoms with Crippen molar-refractivity contribution < 1.29 is 0 Å². The van der Waals surface area contributed by atoms with E-state index >= 15 is 0 Å². The fourth-order valence-corrected chi connectivity index (χ4v) is 1.96. The molecule has 1 aromatic heterocycles. The van der Waals surface area contributed by atoms with Crippen LogP contribution in [0.15, 0.2) is 12.5 Å². The number of hydrogen-bond donors (Lipinski definition) is 1. The molecule has 0 spiro atoms. The van der Waals surface area contributed by atoms with Gasteiger partial charge in [-0.3, -0.25) is 0 Å². The predicted octanol–water partition coefficient (Wildman–Crippen LogP) is -0.124. The van der Waals surface area contributed by atoms with Crippen LogP contribution in [0.5, 0.6) is 0 Å². The lowest BCUT2D eigenvalue weighted by molar-refractivity contribution is 0.285. The number of imidazole rings is 1. The standard InChI is InChI=1S/C11H21N5/c1-3-12-8-11-9-13-10-16(11)15-6-4-14(2)5-7-15/h9-10,12H,3-8H2,1-2H3. The third-order valence-electron chi connectivity index (χ3n) is 3.03. The summed E-state index contributed by atoms with van der Waals surface area (Å²) < 4.78 is 2.19. The molecule has 1 aromatic rings. The molecular weight excluding hydrogens is 202 g/mol. The molecule has 0 unspecified atom stereocenters. The number of likely N-dealkylation sites (N-methyl/N-ethyl adjacent to an activating group) is 1. The summed E-state index contributed by atoms with van der Waals surface area (Å²) in [5.74, 6) is 0. The van der Waals surface area contributed by atoms with Gasteiger partial charge in [0.1, 0.15) is 6.33 Å². The van der Waals surface area contributed by atoms with E-state index < -0.39 is 0 Å². The Kier molecular flexibility index (Phi) is 3.79. The topological polar surface area (TPSA) is 36.3 Å². The van der Waals surface area contributed by atoms with Gasteiger partial charge in [-0.25, -0.2) is 9.66 Å². The fourth-order valence-electron chi connectivity index (χ4n) is 1.96. The Bertz CT molecular complexity index is 314. The smallest absolute Gasteiger partial charge is 0.114 e. The fraction of sp³-hybridized carbons (Fsp3) is 0.727. The first-order valence-electron chi connectivity index (χ1n) is 5.97. The van der Waals surface area contributed by atoms with E-state index in [-0.39, 0.29) is 0 Å². The summed E-state index contributed by atoms with van der Waals surface area (Å²) in [5, 5.41) is 5.70. The first-order valence-corrected chi connectivity index (χ1v) is 5.97. The molecule has 2 rings (SSSR count). The summed E-state index contributed by atoms with van der Waals surface area (Å²) in [6, 6.07) is 0. The summed E-state index contributed by atoms with van der Waals surface area (Å²) in [4.78, 5) is 6.60. The lowest BCUT2D eigenvalue weighted by atomic mass is 10.4. The zero-order chi connectivity index (χ0) is 11.4. The van der Waals surface area contributed by atoms with E-state index in [1.165, 1.54) is 5.69 Å². The molecule has 0 aromatic carbocycles. The van der Waals surface area contributed by atoms with Crippen molar-refractivity contribution in [1.29, 1.82) is 0 Å². The maximum atomic E-state index is 4.24. The van der Waals surface area contributed by atoms with Crippen LogP contribution < -0.4 is 10.3 Å². The van der Waals surface area contributed by atoms with Gasteiger partial charge in [0.2, 0.25) is 0 Å². The van der Waals surface area contributed by atoms with Gasteiger partial charge in [0.25, 0.3) is 0 Å². The lowest BCUT2D eigenvalue weighted by Crippen LogP contribution is -2.50. The highest BCUT2D eigenvalue weighted by Gasteiger charge is 2.15. The van der Waals surface area contributed by atoms with Gasteiger partial charge >= 0.3 is 0 Å². The Morgan fingerprint density at radius 3 is 2.75 bits per heavy atom. The molecule has 1 N–H and O–H groups in total. The van der Waals surface area contributed by atoms with E-state index in [1.54, 1.807) is 0 Å². The summed E-state index contributed by atoms with van der Waals surface area (Å²) in [6.07, 6.45) is 3.86. The van der Waals surface area contributed by atoms with Crippen LogP contribution in [0.25, 0.3) is 0 Å². The molecule has 0 amide bonds. The second kappa shape index (κ2) is 5.32. The van der Waals surface area contributed by atoms with E-state index in [2.05, 4.69) is 38.9 Å². The highest BCUT2D eigenvalue weighted by Crippen LogP contribution is 2.04. The molecule has 5 heteroatoms. The Labute approximate surface area is 97.0 Å². The minimum absolute atomic E-state index is 0.892. The molecule has 1 aliphatic rings. The first-order chi connectivity index (χ1) is 7.81. The van der Waals surface area contributed by atoms with Gasteiger partial charge in [-0.2, -0.15) is 0 Å².